The van der Waals surface area contributed by atoms with E-state index in [4.69, 9.17) is 34.3 Å². The summed E-state index contributed by atoms with van der Waals surface area (Å²) in [6.07, 6.45) is 0. The molecular formula is C11H9Cl2N3S2. The summed E-state index contributed by atoms with van der Waals surface area (Å²) in [6, 6.07) is 5.43. The maximum absolute atomic E-state index is 7.15. The van der Waals surface area contributed by atoms with Gasteiger partial charge in [-0.2, -0.15) is 0 Å². The first-order valence-electron chi connectivity index (χ1n) is 4.93. The number of hydrogen-bond donors (Lipinski definition) is 2. The van der Waals surface area contributed by atoms with Crippen molar-refractivity contribution in [2.45, 2.75) is 5.75 Å². The first kappa shape index (κ1) is 13.7. The molecule has 1 heterocycles. The van der Waals surface area contributed by atoms with E-state index in [1.54, 1.807) is 12.1 Å². The van der Waals surface area contributed by atoms with Gasteiger partial charge in [-0.15, -0.1) is 11.3 Å². The minimum Gasteiger partial charge on any atom is -0.379 e. The molecule has 0 saturated heterocycles. The summed E-state index contributed by atoms with van der Waals surface area (Å²) in [5, 5.41) is 11.1. The number of nitrogens with two attached hydrogens (primary N) is 1. The molecule has 0 saturated carbocycles. The highest BCUT2D eigenvalue weighted by molar-refractivity contribution is 8.13. The van der Waals surface area contributed by atoms with Gasteiger partial charge in [0.15, 0.2) is 5.17 Å². The molecule has 0 aliphatic rings. The van der Waals surface area contributed by atoms with E-state index in [0.717, 1.165) is 16.3 Å². The number of nitrogens with zero attached hydrogens (tertiary/aromatic N) is 1. The van der Waals surface area contributed by atoms with Crippen LogP contribution in [0.1, 0.15) is 5.69 Å². The lowest BCUT2D eigenvalue weighted by molar-refractivity contribution is 1.24. The van der Waals surface area contributed by atoms with Crippen molar-refractivity contribution < 1.29 is 0 Å². The van der Waals surface area contributed by atoms with Crippen LogP contribution in [-0.4, -0.2) is 10.2 Å². The quantitative estimate of drug-likeness (QED) is 0.657. The maximum atomic E-state index is 7.15. The molecular weight excluding hydrogens is 309 g/mol. The Bertz CT molecular complexity index is 583. The van der Waals surface area contributed by atoms with Gasteiger partial charge in [0.25, 0.3) is 0 Å². The Kier molecular flexibility index (Phi) is 4.50. The number of hydrogen-bond acceptors (Lipinski definition) is 4. The molecule has 2 rings (SSSR count). The van der Waals surface area contributed by atoms with E-state index in [2.05, 4.69) is 4.98 Å². The van der Waals surface area contributed by atoms with Crippen molar-refractivity contribution in [2.24, 2.45) is 5.73 Å². The third-order valence-electron chi connectivity index (χ3n) is 2.09. The second-order valence-corrected chi connectivity index (χ2v) is 6.12. The predicted molar refractivity (Wildman–Crippen MR) is 80.8 cm³/mol. The summed E-state index contributed by atoms with van der Waals surface area (Å²) >= 11 is 14.6. The number of halogens is 2. The number of aromatic nitrogens is 1. The molecule has 0 radical (unpaired) electrons. The monoisotopic (exact) mass is 317 g/mol. The molecule has 7 heteroatoms. The molecule has 0 spiro atoms. The van der Waals surface area contributed by atoms with Crippen LogP contribution in [0, 0.1) is 5.41 Å². The molecule has 3 nitrogen and oxygen atoms in total. The van der Waals surface area contributed by atoms with Crippen molar-refractivity contribution in [2.75, 3.05) is 0 Å². The van der Waals surface area contributed by atoms with E-state index in [0.29, 0.717) is 15.8 Å². The van der Waals surface area contributed by atoms with E-state index >= 15 is 0 Å². The van der Waals surface area contributed by atoms with Gasteiger partial charge in [0.1, 0.15) is 5.01 Å². The number of thioether (sulfide) groups is 1. The zero-order valence-corrected chi connectivity index (χ0v) is 12.3. The molecule has 0 unspecified atom stereocenters. The van der Waals surface area contributed by atoms with Crippen molar-refractivity contribution in [1.82, 2.24) is 4.98 Å². The van der Waals surface area contributed by atoms with E-state index in [9.17, 15) is 0 Å². The first-order chi connectivity index (χ1) is 8.56. The molecule has 0 bridgehead atoms. The van der Waals surface area contributed by atoms with Crippen LogP contribution < -0.4 is 5.73 Å². The van der Waals surface area contributed by atoms with Crippen molar-refractivity contribution in [3.63, 3.8) is 0 Å². The Morgan fingerprint density at radius 2 is 2.17 bits per heavy atom. The Morgan fingerprint density at radius 1 is 1.39 bits per heavy atom. The molecule has 0 fully saturated rings. The van der Waals surface area contributed by atoms with Gasteiger partial charge < -0.3 is 5.73 Å². The summed E-state index contributed by atoms with van der Waals surface area (Å²) in [4.78, 5) is 4.47. The average molecular weight is 318 g/mol. The lowest BCUT2D eigenvalue weighted by atomic mass is 10.2. The SMILES string of the molecule is N=C(N)SCc1csc(-c2ccc(Cl)c(Cl)c2)n1. The molecule has 0 aliphatic carbocycles. The second-order valence-electron chi connectivity index (χ2n) is 3.43. The van der Waals surface area contributed by atoms with Gasteiger partial charge in [0, 0.05) is 16.7 Å². The topological polar surface area (TPSA) is 62.8 Å². The van der Waals surface area contributed by atoms with Crippen LogP contribution >= 0.6 is 46.3 Å². The highest BCUT2D eigenvalue weighted by Crippen LogP contribution is 2.30. The van der Waals surface area contributed by atoms with Gasteiger partial charge >= 0.3 is 0 Å². The van der Waals surface area contributed by atoms with Crippen LogP contribution in [-0.2, 0) is 5.75 Å². The first-order valence-corrected chi connectivity index (χ1v) is 7.55. The lowest BCUT2D eigenvalue weighted by Crippen LogP contribution is -2.03. The fourth-order valence-electron chi connectivity index (χ4n) is 1.29. The fraction of sp³-hybridized carbons (Fsp3) is 0.0909. The van der Waals surface area contributed by atoms with Gasteiger partial charge in [-0.1, -0.05) is 41.0 Å². The van der Waals surface area contributed by atoms with Gasteiger partial charge in [0.2, 0.25) is 0 Å². The number of benzene rings is 1. The zero-order chi connectivity index (χ0) is 13.1. The molecule has 2 aromatic rings. The number of rotatable bonds is 3. The van der Waals surface area contributed by atoms with Crippen molar-refractivity contribution in [3.8, 4) is 10.6 Å². The smallest absolute Gasteiger partial charge is 0.151 e. The molecule has 1 aromatic heterocycles. The number of thiazole rings is 1. The zero-order valence-electron chi connectivity index (χ0n) is 9.11. The minimum atomic E-state index is 0.0964. The summed E-state index contributed by atoms with van der Waals surface area (Å²) in [5.41, 5.74) is 7.13. The number of amidine groups is 1. The van der Waals surface area contributed by atoms with Gasteiger partial charge in [0.05, 0.1) is 15.7 Å². The Balaban J connectivity index is 2.18. The van der Waals surface area contributed by atoms with Crippen LogP contribution in [0.5, 0.6) is 0 Å². The highest BCUT2D eigenvalue weighted by atomic mass is 35.5. The third kappa shape index (κ3) is 3.38. The van der Waals surface area contributed by atoms with Crippen molar-refractivity contribution in [3.05, 3.63) is 39.3 Å². The Morgan fingerprint density at radius 3 is 2.83 bits per heavy atom. The fourth-order valence-corrected chi connectivity index (χ4v) is 2.96. The van der Waals surface area contributed by atoms with Crippen LogP contribution in [0.15, 0.2) is 23.6 Å². The Labute approximate surface area is 123 Å². The molecule has 1 aromatic carbocycles. The largest absolute Gasteiger partial charge is 0.379 e. The van der Waals surface area contributed by atoms with E-state index in [1.165, 1.54) is 23.1 Å². The lowest BCUT2D eigenvalue weighted by Gasteiger charge is -1.99. The molecule has 0 amide bonds. The normalized spacial score (nSPS) is 10.6. The standard InChI is InChI=1S/C11H9Cl2N3S2/c12-8-2-1-6(3-9(8)13)10-16-7(4-17-10)5-18-11(14)15/h1-4H,5H2,(H3,14,15). The molecule has 94 valence electrons. The van der Waals surface area contributed by atoms with E-state index in [-0.39, 0.29) is 5.17 Å². The maximum Gasteiger partial charge on any atom is 0.151 e. The molecule has 0 aliphatic heterocycles. The van der Waals surface area contributed by atoms with Crippen molar-refractivity contribution in [1.29, 1.82) is 5.41 Å². The van der Waals surface area contributed by atoms with Gasteiger partial charge in [-0.05, 0) is 12.1 Å². The Hall–Kier alpha value is -0.750. The minimum absolute atomic E-state index is 0.0964. The van der Waals surface area contributed by atoms with Crippen LogP contribution in [0.3, 0.4) is 0 Å². The summed E-state index contributed by atoms with van der Waals surface area (Å²) in [6.45, 7) is 0. The predicted octanol–water partition coefficient (Wildman–Crippen LogP) is 4.24. The van der Waals surface area contributed by atoms with Crippen LogP contribution in [0.2, 0.25) is 10.0 Å². The highest BCUT2D eigenvalue weighted by Gasteiger charge is 2.07. The van der Waals surface area contributed by atoms with Gasteiger partial charge in [-0.3, -0.25) is 5.41 Å². The summed E-state index contributed by atoms with van der Waals surface area (Å²) in [7, 11) is 0. The average Bonchev–Trinajstić information content (AvgIpc) is 2.79. The summed E-state index contributed by atoms with van der Waals surface area (Å²) < 4.78 is 0. The van der Waals surface area contributed by atoms with E-state index in [1.807, 2.05) is 11.4 Å². The van der Waals surface area contributed by atoms with Crippen LogP contribution in [0.25, 0.3) is 10.6 Å². The van der Waals surface area contributed by atoms with Crippen LogP contribution in [0.4, 0.5) is 0 Å². The number of nitrogens with one attached hydrogen (secondary N) is 1. The third-order valence-corrected chi connectivity index (χ3v) is 4.52. The summed E-state index contributed by atoms with van der Waals surface area (Å²) in [5.74, 6) is 0.604. The molecule has 3 N–H and O–H groups in total. The second kappa shape index (κ2) is 5.93. The van der Waals surface area contributed by atoms with E-state index < -0.39 is 0 Å². The van der Waals surface area contributed by atoms with Gasteiger partial charge in [-0.25, -0.2) is 4.98 Å². The molecule has 18 heavy (non-hydrogen) atoms. The molecule has 0 atom stereocenters. The van der Waals surface area contributed by atoms with Crippen molar-refractivity contribution >= 4 is 51.5 Å².